The maximum Gasteiger partial charge on any atom is 0.262 e. The van der Waals surface area contributed by atoms with Crippen molar-refractivity contribution in [2.75, 3.05) is 6.61 Å². The molecule has 6 heteroatoms. The molecule has 13 heavy (non-hydrogen) atoms. The molecule has 0 spiro atoms. The third-order valence-electron chi connectivity index (χ3n) is 1.65. The molecule has 70 valence electrons. The van der Waals surface area contributed by atoms with Gasteiger partial charge in [-0.1, -0.05) is 0 Å². The van der Waals surface area contributed by atoms with E-state index >= 15 is 0 Å². The summed E-state index contributed by atoms with van der Waals surface area (Å²) in [5.74, 6) is -3.05. The Bertz CT molecular complexity index is 320. The van der Waals surface area contributed by atoms with E-state index in [-0.39, 0.29) is 0 Å². The molecule has 0 aliphatic heterocycles. The lowest BCUT2D eigenvalue weighted by molar-refractivity contribution is -0.433. The third kappa shape index (κ3) is 1.78. The largest absolute Gasteiger partial charge is 0.395 e. The number of nitro groups is 1. The molecular formula is C7H6FNO4. The zero-order valence-corrected chi connectivity index (χ0v) is 6.44. The minimum Gasteiger partial charge on any atom is -0.395 e. The fourth-order valence-electron chi connectivity index (χ4n) is 1.03. The van der Waals surface area contributed by atoms with Crippen LogP contribution in [0.25, 0.3) is 0 Å². The molecule has 0 heterocycles. The molecule has 0 saturated heterocycles. The Morgan fingerprint density at radius 1 is 1.62 bits per heavy atom. The van der Waals surface area contributed by atoms with Crippen LogP contribution in [0.2, 0.25) is 0 Å². The van der Waals surface area contributed by atoms with E-state index in [1.807, 2.05) is 0 Å². The summed E-state index contributed by atoms with van der Waals surface area (Å²) in [5.41, 5.74) is -0.604. The lowest BCUT2D eigenvalue weighted by atomic mass is 9.98. The smallest absolute Gasteiger partial charge is 0.262 e. The summed E-state index contributed by atoms with van der Waals surface area (Å²) in [7, 11) is 0. The zero-order chi connectivity index (χ0) is 10.0. The van der Waals surface area contributed by atoms with Gasteiger partial charge in [0.2, 0.25) is 0 Å². The molecule has 1 aliphatic carbocycles. The van der Waals surface area contributed by atoms with Crippen LogP contribution >= 0.6 is 0 Å². The maximum absolute atomic E-state index is 12.8. The maximum atomic E-state index is 12.8. The van der Waals surface area contributed by atoms with Crippen molar-refractivity contribution in [3.05, 3.63) is 33.8 Å². The lowest BCUT2D eigenvalue weighted by Gasteiger charge is -2.11. The van der Waals surface area contributed by atoms with Crippen LogP contribution in [0.5, 0.6) is 0 Å². The summed E-state index contributed by atoms with van der Waals surface area (Å²) in [5, 5.41) is 18.9. The second-order valence-corrected chi connectivity index (χ2v) is 2.49. The average Bonchev–Trinajstić information content (AvgIpc) is 2.02. The number of aliphatic hydroxyl groups excluding tert-OH is 1. The van der Waals surface area contributed by atoms with Crippen molar-refractivity contribution in [1.82, 2.24) is 0 Å². The molecule has 0 amide bonds. The summed E-state index contributed by atoms with van der Waals surface area (Å²) in [6.45, 7) is -0.720. The molecule has 0 aromatic carbocycles. The van der Waals surface area contributed by atoms with E-state index in [0.29, 0.717) is 12.2 Å². The number of ketones is 1. The number of carbonyl (C=O) groups is 1. The van der Waals surface area contributed by atoms with Crippen molar-refractivity contribution in [2.24, 2.45) is 5.92 Å². The van der Waals surface area contributed by atoms with Gasteiger partial charge in [0.05, 0.1) is 17.6 Å². The molecule has 1 rings (SSSR count). The van der Waals surface area contributed by atoms with Crippen LogP contribution in [0.15, 0.2) is 23.7 Å². The van der Waals surface area contributed by atoms with Crippen molar-refractivity contribution in [3.63, 3.8) is 0 Å². The number of aliphatic hydroxyl groups is 1. The number of carbonyl (C=O) groups excluding carboxylic acids is 1. The van der Waals surface area contributed by atoms with E-state index in [2.05, 4.69) is 0 Å². The van der Waals surface area contributed by atoms with Gasteiger partial charge >= 0.3 is 0 Å². The van der Waals surface area contributed by atoms with Gasteiger partial charge in [0.15, 0.2) is 5.78 Å². The van der Waals surface area contributed by atoms with Crippen LogP contribution in [-0.4, -0.2) is 22.4 Å². The minimum absolute atomic E-state index is 0.604. The van der Waals surface area contributed by atoms with Gasteiger partial charge in [0.1, 0.15) is 11.7 Å². The Hall–Kier alpha value is -1.56. The van der Waals surface area contributed by atoms with E-state index in [0.717, 1.165) is 0 Å². The molecule has 1 aliphatic rings. The van der Waals surface area contributed by atoms with Gasteiger partial charge < -0.3 is 5.11 Å². The van der Waals surface area contributed by atoms with Crippen molar-refractivity contribution in [2.45, 2.75) is 0 Å². The molecule has 0 bridgehead atoms. The first-order chi connectivity index (χ1) is 6.06. The van der Waals surface area contributed by atoms with Crippen LogP contribution in [-0.2, 0) is 4.79 Å². The third-order valence-corrected chi connectivity index (χ3v) is 1.65. The molecule has 1 unspecified atom stereocenters. The molecule has 0 saturated carbocycles. The highest BCUT2D eigenvalue weighted by molar-refractivity contribution is 6.01. The Balaban J connectivity index is 3.05. The highest BCUT2D eigenvalue weighted by Crippen LogP contribution is 2.25. The molecule has 0 aromatic rings. The summed E-state index contributed by atoms with van der Waals surface area (Å²) in [6, 6.07) is 0. The van der Waals surface area contributed by atoms with Gasteiger partial charge in [-0.25, -0.2) is 4.39 Å². The predicted octanol–water partition coefficient (Wildman–Crippen LogP) is 0.192. The zero-order valence-electron chi connectivity index (χ0n) is 6.44. The normalized spacial score (nSPS) is 22.3. The van der Waals surface area contributed by atoms with Crippen LogP contribution in [0, 0.1) is 16.0 Å². The summed E-state index contributed by atoms with van der Waals surface area (Å²) in [6.07, 6.45) is 1.35. The monoisotopic (exact) mass is 187 g/mol. The quantitative estimate of drug-likeness (QED) is 0.494. The highest BCUT2D eigenvalue weighted by Gasteiger charge is 2.32. The van der Waals surface area contributed by atoms with E-state index in [1.165, 1.54) is 0 Å². The first-order valence-electron chi connectivity index (χ1n) is 3.44. The second-order valence-electron chi connectivity index (χ2n) is 2.49. The number of halogens is 1. The highest BCUT2D eigenvalue weighted by atomic mass is 19.1. The fourth-order valence-corrected chi connectivity index (χ4v) is 1.03. The number of nitrogens with zero attached hydrogens (tertiary/aromatic N) is 1. The molecule has 1 atom stereocenters. The molecule has 0 radical (unpaired) electrons. The van der Waals surface area contributed by atoms with Crippen LogP contribution in [0.4, 0.5) is 4.39 Å². The molecule has 5 nitrogen and oxygen atoms in total. The van der Waals surface area contributed by atoms with E-state index in [1.54, 1.807) is 0 Å². The summed E-state index contributed by atoms with van der Waals surface area (Å²) < 4.78 is 12.8. The van der Waals surface area contributed by atoms with Crippen molar-refractivity contribution >= 4 is 5.78 Å². The number of rotatable bonds is 2. The van der Waals surface area contributed by atoms with Crippen LogP contribution < -0.4 is 0 Å². The molecule has 1 N–H and O–H groups in total. The standard InChI is InChI=1S/C7H6FNO4/c8-6-1-4(11)2-7(9(12)13)5(6)3-10/h1-2,5,10H,3H2. The SMILES string of the molecule is O=C1C=C(F)C(CO)C([N+](=O)[O-])=C1. The van der Waals surface area contributed by atoms with E-state index in [9.17, 15) is 19.3 Å². The van der Waals surface area contributed by atoms with Gasteiger partial charge in [-0.3, -0.25) is 14.9 Å². The van der Waals surface area contributed by atoms with E-state index in [4.69, 9.17) is 5.11 Å². The van der Waals surface area contributed by atoms with Crippen molar-refractivity contribution in [3.8, 4) is 0 Å². The van der Waals surface area contributed by atoms with Gasteiger partial charge in [0.25, 0.3) is 5.70 Å². The second kappa shape index (κ2) is 3.44. The summed E-state index contributed by atoms with van der Waals surface area (Å²) >= 11 is 0. The van der Waals surface area contributed by atoms with Crippen molar-refractivity contribution < 1.29 is 19.2 Å². The molecule has 0 aromatic heterocycles. The Kier molecular flexibility index (Phi) is 2.52. The molecular weight excluding hydrogens is 181 g/mol. The first kappa shape index (κ1) is 9.53. The number of allylic oxidation sites excluding steroid dienone is 2. The molecule has 0 fully saturated rings. The number of hydrogen-bond acceptors (Lipinski definition) is 4. The first-order valence-corrected chi connectivity index (χ1v) is 3.44. The Morgan fingerprint density at radius 2 is 2.23 bits per heavy atom. The van der Waals surface area contributed by atoms with Gasteiger partial charge in [0, 0.05) is 6.08 Å². The van der Waals surface area contributed by atoms with Gasteiger partial charge in [-0.05, 0) is 0 Å². The predicted molar refractivity (Wildman–Crippen MR) is 39.9 cm³/mol. The minimum atomic E-state index is -1.31. The summed E-state index contributed by atoms with van der Waals surface area (Å²) in [4.78, 5) is 20.1. The Labute approximate surface area is 72.3 Å². The average molecular weight is 187 g/mol. The Morgan fingerprint density at radius 3 is 2.69 bits per heavy atom. The van der Waals surface area contributed by atoms with Gasteiger partial charge in [-0.15, -0.1) is 0 Å². The van der Waals surface area contributed by atoms with Gasteiger partial charge in [-0.2, -0.15) is 0 Å². The van der Waals surface area contributed by atoms with E-state index < -0.39 is 34.8 Å². The van der Waals surface area contributed by atoms with Crippen LogP contribution in [0.3, 0.4) is 0 Å². The van der Waals surface area contributed by atoms with Crippen LogP contribution in [0.1, 0.15) is 0 Å². The topological polar surface area (TPSA) is 80.4 Å². The van der Waals surface area contributed by atoms with Crippen molar-refractivity contribution in [1.29, 1.82) is 0 Å². The number of hydrogen-bond donors (Lipinski definition) is 1. The fraction of sp³-hybridized carbons (Fsp3) is 0.286. The lowest BCUT2D eigenvalue weighted by Crippen LogP contribution is -2.21.